The molecule has 0 spiro atoms. The number of aromatic nitrogens is 5. The van der Waals surface area contributed by atoms with Gasteiger partial charge in [-0.1, -0.05) is 0 Å². The van der Waals surface area contributed by atoms with Crippen LogP contribution in [0.15, 0.2) is 41.7 Å². The Morgan fingerprint density at radius 1 is 1.10 bits per heavy atom. The van der Waals surface area contributed by atoms with Crippen LogP contribution in [0.5, 0.6) is 0 Å². The van der Waals surface area contributed by atoms with E-state index in [1.165, 1.54) is 36.8 Å². The average molecular weight is 417 g/mol. The van der Waals surface area contributed by atoms with Crippen molar-refractivity contribution in [2.45, 2.75) is 11.8 Å². The van der Waals surface area contributed by atoms with Gasteiger partial charge in [-0.05, 0) is 19.1 Å². The van der Waals surface area contributed by atoms with Crippen LogP contribution in [0.1, 0.15) is 20.3 Å². The molecule has 3 aromatic heterocycles. The van der Waals surface area contributed by atoms with Crippen LogP contribution in [0.3, 0.4) is 0 Å². The fourth-order valence-corrected chi connectivity index (χ4v) is 3.06. The molecule has 0 unspecified atom stereocenters. The number of pyridine rings is 1. The highest BCUT2D eigenvalue weighted by Gasteiger charge is 2.19. The lowest BCUT2D eigenvalue weighted by Crippen LogP contribution is -2.22. The molecule has 1 amide bonds. The lowest BCUT2D eigenvalue weighted by atomic mass is 10.3. The standard InChI is InChI=1S/C17H18N8O3S/c1-10-8-21-14(9-20-10)23-13-7-11(15(25-24-13)17(26)18-2)22-16-12(29(3,27)28)5-4-6-19-16/h4-9H,1-3H3,(H,18,26)(H2,19,21,22,23,24)/i2D3. The molecule has 3 aromatic rings. The first-order chi connectivity index (χ1) is 14.9. The van der Waals surface area contributed by atoms with E-state index in [0.717, 1.165) is 6.26 Å². The molecule has 0 saturated heterocycles. The summed E-state index contributed by atoms with van der Waals surface area (Å²) in [5.41, 5.74) is 0.281. The number of carbonyl (C=O) groups is 1. The van der Waals surface area contributed by atoms with E-state index >= 15 is 0 Å². The van der Waals surface area contributed by atoms with Crippen LogP contribution < -0.4 is 16.0 Å². The summed E-state index contributed by atoms with van der Waals surface area (Å²) in [6, 6.07) is 4.11. The molecule has 0 bridgehead atoms. The zero-order valence-electron chi connectivity index (χ0n) is 18.3. The monoisotopic (exact) mass is 417 g/mol. The molecule has 0 aromatic carbocycles. The number of nitrogens with zero attached hydrogens (tertiary/aromatic N) is 5. The second kappa shape index (κ2) is 8.14. The number of sulfone groups is 1. The molecular formula is C17H18N8O3S. The number of nitrogens with one attached hydrogen (secondary N) is 3. The quantitative estimate of drug-likeness (QED) is 0.534. The molecule has 3 rings (SSSR count). The summed E-state index contributed by atoms with van der Waals surface area (Å²) >= 11 is 0. The van der Waals surface area contributed by atoms with Gasteiger partial charge in [-0.25, -0.2) is 18.4 Å². The Bertz CT molecular complexity index is 1250. The van der Waals surface area contributed by atoms with E-state index in [1.54, 1.807) is 6.92 Å². The maximum atomic E-state index is 12.5. The predicted molar refractivity (Wildman–Crippen MR) is 106 cm³/mol. The summed E-state index contributed by atoms with van der Waals surface area (Å²) in [7, 11) is -3.66. The highest BCUT2D eigenvalue weighted by atomic mass is 32.2. The van der Waals surface area contributed by atoms with Crippen molar-refractivity contribution in [2.75, 3.05) is 23.9 Å². The Kier molecular flexibility index (Phi) is 4.58. The predicted octanol–water partition coefficient (Wildman–Crippen LogP) is 1.22. The van der Waals surface area contributed by atoms with Crippen LogP contribution in [0.4, 0.5) is 23.1 Å². The van der Waals surface area contributed by atoms with E-state index in [9.17, 15) is 13.2 Å². The maximum absolute atomic E-state index is 12.5. The Balaban J connectivity index is 2.04. The van der Waals surface area contributed by atoms with E-state index in [4.69, 9.17) is 4.11 Å². The summed E-state index contributed by atoms with van der Waals surface area (Å²) in [6.45, 7) is -1.00. The van der Waals surface area contributed by atoms with Crippen molar-refractivity contribution in [3.8, 4) is 0 Å². The second-order valence-electron chi connectivity index (χ2n) is 5.86. The molecule has 0 saturated carbocycles. The van der Waals surface area contributed by atoms with E-state index < -0.39 is 22.7 Å². The molecule has 150 valence electrons. The molecule has 0 aliphatic heterocycles. The average Bonchev–Trinajstić information content (AvgIpc) is 2.68. The Morgan fingerprint density at radius 3 is 2.62 bits per heavy atom. The number of amides is 1. The number of hydrogen-bond acceptors (Lipinski definition) is 10. The lowest BCUT2D eigenvalue weighted by Gasteiger charge is -2.13. The topological polar surface area (TPSA) is 152 Å². The van der Waals surface area contributed by atoms with Gasteiger partial charge in [0.25, 0.3) is 5.91 Å². The zero-order valence-corrected chi connectivity index (χ0v) is 16.1. The summed E-state index contributed by atoms with van der Waals surface area (Å²) < 4.78 is 45.9. The van der Waals surface area contributed by atoms with E-state index in [1.807, 2.05) is 5.32 Å². The summed E-state index contributed by atoms with van der Waals surface area (Å²) in [5.74, 6) is -0.649. The first-order valence-corrected chi connectivity index (χ1v) is 9.99. The molecule has 3 N–H and O–H groups in total. The van der Waals surface area contributed by atoms with Crippen LogP contribution >= 0.6 is 0 Å². The third kappa shape index (κ3) is 4.79. The van der Waals surface area contributed by atoms with Crippen molar-refractivity contribution < 1.29 is 17.3 Å². The smallest absolute Gasteiger partial charge is 0.273 e. The van der Waals surface area contributed by atoms with Gasteiger partial charge in [0.15, 0.2) is 21.3 Å². The maximum Gasteiger partial charge on any atom is 0.273 e. The first kappa shape index (κ1) is 16.3. The second-order valence-corrected chi connectivity index (χ2v) is 7.85. The van der Waals surface area contributed by atoms with Crippen molar-refractivity contribution in [2.24, 2.45) is 0 Å². The van der Waals surface area contributed by atoms with Crippen molar-refractivity contribution in [1.29, 1.82) is 0 Å². The van der Waals surface area contributed by atoms with Gasteiger partial charge in [-0.2, -0.15) is 0 Å². The summed E-state index contributed by atoms with van der Waals surface area (Å²) in [4.78, 5) is 24.6. The van der Waals surface area contributed by atoms with E-state index in [2.05, 4.69) is 35.8 Å². The molecule has 0 atom stereocenters. The van der Waals surface area contributed by atoms with Gasteiger partial charge in [-0.15, -0.1) is 10.2 Å². The number of rotatable bonds is 6. The molecule has 12 heteroatoms. The SMILES string of the molecule is [2H]C([2H])([2H])NC(=O)c1nnc(Nc2cnc(C)cn2)cc1Nc1ncccc1S(C)(=O)=O. The van der Waals surface area contributed by atoms with Gasteiger partial charge in [0.1, 0.15) is 16.5 Å². The molecule has 0 aliphatic rings. The molecule has 29 heavy (non-hydrogen) atoms. The fraction of sp³-hybridized carbons (Fsp3) is 0.176. The molecule has 0 radical (unpaired) electrons. The number of anilines is 4. The molecular weight excluding hydrogens is 396 g/mol. The van der Waals surface area contributed by atoms with Gasteiger partial charge in [0.05, 0.1) is 23.8 Å². The zero-order chi connectivity index (χ0) is 23.5. The molecule has 0 fully saturated rings. The molecule has 11 nitrogen and oxygen atoms in total. The van der Waals surface area contributed by atoms with Gasteiger partial charge in [0.2, 0.25) is 0 Å². The normalized spacial score (nSPS) is 13.0. The highest BCUT2D eigenvalue weighted by molar-refractivity contribution is 7.90. The van der Waals surface area contributed by atoms with Crippen molar-refractivity contribution in [3.63, 3.8) is 0 Å². The van der Waals surface area contributed by atoms with Crippen LogP contribution in [0.2, 0.25) is 0 Å². The number of aryl methyl sites for hydroxylation is 1. The van der Waals surface area contributed by atoms with Gasteiger partial charge >= 0.3 is 0 Å². The van der Waals surface area contributed by atoms with E-state index in [-0.39, 0.29) is 27.9 Å². The van der Waals surface area contributed by atoms with Crippen LogP contribution in [0, 0.1) is 6.92 Å². The third-order valence-electron chi connectivity index (χ3n) is 3.58. The molecule has 0 aliphatic carbocycles. The van der Waals surface area contributed by atoms with Crippen LogP contribution in [-0.4, -0.2) is 52.7 Å². The van der Waals surface area contributed by atoms with Crippen molar-refractivity contribution >= 4 is 38.9 Å². The Hall–Kier alpha value is -3.67. The number of hydrogen-bond donors (Lipinski definition) is 3. The third-order valence-corrected chi connectivity index (χ3v) is 4.71. The summed E-state index contributed by atoms with van der Waals surface area (Å²) in [6.07, 6.45) is 5.35. The van der Waals surface area contributed by atoms with Crippen molar-refractivity contribution in [1.82, 2.24) is 30.5 Å². The largest absolute Gasteiger partial charge is 0.354 e. The Morgan fingerprint density at radius 2 is 1.93 bits per heavy atom. The molecule has 3 heterocycles. The fourth-order valence-electron chi connectivity index (χ4n) is 2.27. The minimum absolute atomic E-state index is 0.0343. The first-order valence-electron chi connectivity index (χ1n) is 9.60. The van der Waals surface area contributed by atoms with Crippen LogP contribution in [-0.2, 0) is 9.84 Å². The minimum Gasteiger partial charge on any atom is -0.354 e. The minimum atomic E-state index is -3.66. The lowest BCUT2D eigenvalue weighted by molar-refractivity contribution is 0.0958. The van der Waals surface area contributed by atoms with Crippen molar-refractivity contribution in [3.05, 3.63) is 48.2 Å². The van der Waals surface area contributed by atoms with Gasteiger partial charge < -0.3 is 16.0 Å². The van der Waals surface area contributed by atoms with Crippen LogP contribution in [0.25, 0.3) is 0 Å². The summed E-state index contributed by atoms with van der Waals surface area (Å²) in [5, 5.41) is 15.1. The van der Waals surface area contributed by atoms with E-state index in [0.29, 0.717) is 11.5 Å². The number of carbonyl (C=O) groups excluding carboxylic acids is 1. The highest BCUT2D eigenvalue weighted by Crippen LogP contribution is 2.26. The van der Waals surface area contributed by atoms with Gasteiger partial charge in [0, 0.05) is 29.6 Å². The Labute approximate surface area is 171 Å². The van der Waals surface area contributed by atoms with Gasteiger partial charge in [-0.3, -0.25) is 9.78 Å².